The van der Waals surface area contributed by atoms with Crippen molar-refractivity contribution < 1.29 is 80.2 Å². The maximum absolute atomic E-state index is 13.2. The van der Waals surface area contributed by atoms with E-state index in [4.69, 9.17) is 37.0 Å². The second-order valence-electron chi connectivity index (χ2n) is 32.3. The average Bonchev–Trinajstić information content (AvgIpc) is 0.897. The van der Waals surface area contributed by atoms with Crippen LogP contribution in [0.1, 0.15) is 496 Å². The molecule has 0 saturated carbocycles. The zero-order valence-electron chi connectivity index (χ0n) is 71.5. The Bertz CT molecular complexity index is 2050. The van der Waals surface area contributed by atoms with E-state index in [0.29, 0.717) is 25.7 Å². The minimum absolute atomic E-state index is 0.110. The summed E-state index contributed by atoms with van der Waals surface area (Å²) in [4.78, 5) is 73.4. The summed E-state index contributed by atoms with van der Waals surface area (Å²) in [5.41, 5.74) is 0. The number of carbonyl (C=O) groups is 4. The van der Waals surface area contributed by atoms with Gasteiger partial charge in [0.15, 0.2) is 12.2 Å². The first-order valence-electron chi connectivity index (χ1n) is 46.8. The second kappa shape index (κ2) is 84.0. The standard InChI is InChI=1S/C90H176O17P2/c1-5-9-13-17-21-25-29-33-36-39-41-42-43-46-49-53-57-61-65-69-73-77-90(95)107-86(81-101-88(93)75-71-67-63-59-55-51-47-45-40-37-34-30-26-22-18-14-10-6-2)83-105-109(98,99)103-79-84(91)78-102-108(96,97)104-82-85(80-100-87(92)74-70-66-62-58-54-50-32-28-24-20-16-12-8-4)106-89(94)76-72-68-64-60-56-52-48-44-38-35-31-27-23-19-15-11-7-3/h84-86,91H,5-83H2,1-4H3,(H,96,97)(H,98,99)/t84-,85+,86+/m0/s1. The molecule has 0 bridgehead atoms. The van der Waals surface area contributed by atoms with Crippen LogP contribution in [0.5, 0.6) is 0 Å². The molecule has 0 radical (unpaired) electrons. The summed E-state index contributed by atoms with van der Waals surface area (Å²) in [5.74, 6) is -2.09. The van der Waals surface area contributed by atoms with Crippen LogP contribution < -0.4 is 0 Å². The first kappa shape index (κ1) is 107. The molecule has 0 fully saturated rings. The molecule has 0 heterocycles. The monoisotopic (exact) mass is 1590 g/mol. The number of esters is 4. The summed E-state index contributed by atoms with van der Waals surface area (Å²) in [5, 5.41) is 10.7. The van der Waals surface area contributed by atoms with Gasteiger partial charge in [-0.15, -0.1) is 0 Å². The van der Waals surface area contributed by atoms with E-state index in [1.165, 1.54) is 327 Å². The molecule has 5 atom stereocenters. The van der Waals surface area contributed by atoms with Gasteiger partial charge in [-0.3, -0.25) is 37.3 Å². The van der Waals surface area contributed by atoms with Crippen LogP contribution >= 0.6 is 15.6 Å². The molecule has 0 rings (SSSR count). The van der Waals surface area contributed by atoms with Crippen molar-refractivity contribution in [2.24, 2.45) is 0 Å². The van der Waals surface area contributed by atoms with Gasteiger partial charge in [-0.25, -0.2) is 9.13 Å². The third kappa shape index (κ3) is 83.8. The Labute approximate surface area is 670 Å². The van der Waals surface area contributed by atoms with E-state index < -0.39 is 97.5 Å². The van der Waals surface area contributed by atoms with Crippen molar-refractivity contribution in [3.8, 4) is 0 Å². The number of aliphatic hydroxyl groups excluding tert-OH is 1. The smallest absolute Gasteiger partial charge is 0.462 e. The fraction of sp³-hybridized carbons (Fsp3) is 0.956. The van der Waals surface area contributed by atoms with Crippen LogP contribution in [0.4, 0.5) is 0 Å². The van der Waals surface area contributed by atoms with Gasteiger partial charge in [0.05, 0.1) is 26.4 Å². The molecular formula is C90H176O17P2. The van der Waals surface area contributed by atoms with Crippen LogP contribution in [0, 0.1) is 0 Å². The number of hydrogen-bond acceptors (Lipinski definition) is 15. The van der Waals surface area contributed by atoms with Gasteiger partial charge < -0.3 is 33.8 Å². The van der Waals surface area contributed by atoms with E-state index in [9.17, 15) is 43.2 Å². The van der Waals surface area contributed by atoms with Gasteiger partial charge in [-0.2, -0.15) is 0 Å². The van der Waals surface area contributed by atoms with E-state index in [-0.39, 0.29) is 25.7 Å². The quantitative estimate of drug-likeness (QED) is 0.0222. The number of phosphoric acid groups is 2. The largest absolute Gasteiger partial charge is 0.472 e. The van der Waals surface area contributed by atoms with Gasteiger partial charge >= 0.3 is 39.5 Å². The molecule has 2 unspecified atom stereocenters. The topological polar surface area (TPSA) is 237 Å². The van der Waals surface area contributed by atoms with E-state index in [0.717, 1.165) is 89.9 Å². The minimum Gasteiger partial charge on any atom is -0.462 e. The van der Waals surface area contributed by atoms with Crippen molar-refractivity contribution in [3.05, 3.63) is 0 Å². The fourth-order valence-electron chi connectivity index (χ4n) is 14.2. The SMILES string of the molecule is CCCCCCCCCCCCCCCCCCCCCCCC(=O)O[C@H](COC(=O)CCCCCCCCCCCCCCCCCCCC)COP(=O)(O)OC[C@@H](O)COP(=O)(O)OC[C@@H](COC(=O)CCCCCCCCCCCCCCC)OC(=O)CCCCCCCCCCCCCCCCCCC. The maximum Gasteiger partial charge on any atom is 0.472 e. The molecule has 0 amide bonds. The number of rotatable bonds is 91. The predicted octanol–water partition coefficient (Wildman–Crippen LogP) is 28.1. The van der Waals surface area contributed by atoms with Crippen LogP contribution in [-0.2, 0) is 65.4 Å². The third-order valence-corrected chi connectivity index (χ3v) is 23.3. The Morgan fingerprint density at radius 3 is 0.541 bits per heavy atom. The van der Waals surface area contributed by atoms with Crippen LogP contribution in [0.3, 0.4) is 0 Å². The molecule has 0 spiro atoms. The van der Waals surface area contributed by atoms with Gasteiger partial charge in [0.2, 0.25) is 0 Å². The van der Waals surface area contributed by atoms with E-state index in [2.05, 4.69) is 27.7 Å². The molecule has 0 aromatic carbocycles. The van der Waals surface area contributed by atoms with Crippen LogP contribution in [0.15, 0.2) is 0 Å². The number of unbranched alkanes of at least 4 members (excludes halogenated alkanes) is 65. The molecule has 0 aliphatic carbocycles. The lowest BCUT2D eigenvalue weighted by atomic mass is 10.0. The normalized spacial score (nSPS) is 13.6. The fourth-order valence-corrected chi connectivity index (χ4v) is 15.8. The molecule has 0 aromatic rings. The molecule has 3 N–H and O–H groups in total. The van der Waals surface area contributed by atoms with E-state index >= 15 is 0 Å². The van der Waals surface area contributed by atoms with E-state index in [1.807, 2.05) is 0 Å². The summed E-state index contributed by atoms with van der Waals surface area (Å²) in [6.07, 6.45) is 80.5. The Morgan fingerprint density at radius 1 is 0.220 bits per heavy atom. The van der Waals surface area contributed by atoms with Gasteiger partial charge in [0.25, 0.3) is 0 Å². The van der Waals surface area contributed by atoms with Crippen LogP contribution in [-0.4, -0.2) is 96.7 Å². The molecule has 0 aliphatic heterocycles. The summed E-state index contributed by atoms with van der Waals surface area (Å²) in [6, 6.07) is 0. The van der Waals surface area contributed by atoms with Gasteiger partial charge in [-0.05, 0) is 25.7 Å². The lowest BCUT2D eigenvalue weighted by molar-refractivity contribution is -0.161. The van der Waals surface area contributed by atoms with Crippen molar-refractivity contribution >= 4 is 39.5 Å². The molecule has 0 aromatic heterocycles. The first-order chi connectivity index (χ1) is 53.2. The maximum atomic E-state index is 13.2. The van der Waals surface area contributed by atoms with Crippen molar-refractivity contribution in [3.63, 3.8) is 0 Å². The predicted molar refractivity (Wildman–Crippen MR) is 451 cm³/mol. The Hall–Kier alpha value is -1.94. The molecule has 0 aliphatic rings. The second-order valence-corrected chi connectivity index (χ2v) is 35.3. The molecule has 17 nitrogen and oxygen atoms in total. The highest BCUT2D eigenvalue weighted by molar-refractivity contribution is 7.47. The van der Waals surface area contributed by atoms with Crippen molar-refractivity contribution in [2.45, 2.75) is 515 Å². The van der Waals surface area contributed by atoms with Gasteiger partial charge in [0, 0.05) is 25.7 Å². The highest BCUT2D eigenvalue weighted by atomic mass is 31.2. The molecule has 19 heteroatoms. The number of ether oxygens (including phenoxy) is 4. The highest BCUT2D eigenvalue weighted by Crippen LogP contribution is 2.45. The minimum atomic E-state index is -4.97. The zero-order valence-corrected chi connectivity index (χ0v) is 73.3. The Morgan fingerprint density at radius 2 is 0.367 bits per heavy atom. The number of phosphoric ester groups is 2. The number of carbonyl (C=O) groups excluding carboxylic acids is 4. The van der Waals surface area contributed by atoms with Crippen LogP contribution in [0.2, 0.25) is 0 Å². The number of hydrogen-bond donors (Lipinski definition) is 3. The molecule has 0 saturated heterocycles. The summed E-state index contributed by atoms with van der Waals surface area (Å²) in [6.45, 7) is 5.09. The Kier molecular flexibility index (Phi) is 82.5. The van der Waals surface area contributed by atoms with Gasteiger partial charge in [0.1, 0.15) is 19.3 Å². The number of aliphatic hydroxyl groups is 1. The first-order valence-corrected chi connectivity index (χ1v) is 49.8. The summed E-state index contributed by atoms with van der Waals surface area (Å²) in [7, 11) is -9.93. The lowest BCUT2D eigenvalue weighted by Crippen LogP contribution is -2.30. The van der Waals surface area contributed by atoms with Crippen molar-refractivity contribution in [2.75, 3.05) is 39.6 Å². The highest BCUT2D eigenvalue weighted by Gasteiger charge is 2.30. The van der Waals surface area contributed by atoms with Crippen molar-refractivity contribution in [1.29, 1.82) is 0 Å². The zero-order chi connectivity index (χ0) is 79.6. The Balaban J connectivity index is 5.25. The lowest BCUT2D eigenvalue weighted by Gasteiger charge is -2.21. The van der Waals surface area contributed by atoms with E-state index in [1.54, 1.807) is 0 Å². The van der Waals surface area contributed by atoms with Crippen LogP contribution in [0.25, 0.3) is 0 Å². The molecule has 109 heavy (non-hydrogen) atoms. The summed E-state index contributed by atoms with van der Waals surface area (Å²) < 4.78 is 69.1. The molecule has 648 valence electrons. The summed E-state index contributed by atoms with van der Waals surface area (Å²) >= 11 is 0. The van der Waals surface area contributed by atoms with Crippen molar-refractivity contribution in [1.82, 2.24) is 0 Å². The van der Waals surface area contributed by atoms with Gasteiger partial charge in [-0.1, -0.05) is 445 Å². The average molecular weight is 1590 g/mol. The third-order valence-electron chi connectivity index (χ3n) is 21.4. The molecular weight excluding hydrogens is 1410 g/mol.